The van der Waals surface area contributed by atoms with Crippen LogP contribution in [0.3, 0.4) is 0 Å². The molecule has 4 rings (SSSR count). The van der Waals surface area contributed by atoms with Crippen LogP contribution in [0.25, 0.3) is 0 Å². The van der Waals surface area contributed by atoms with Gasteiger partial charge in [0.25, 0.3) is 10.0 Å². The third-order valence-electron chi connectivity index (χ3n) is 7.47. The lowest BCUT2D eigenvalue weighted by molar-refractivity contribution is -0.140. The van der Waals surface area contributed by atoms with E-state index in [1.807, 2.05) is 89.2 Å². The first-order valence-corrected chi connectivity index (χ1v) is 16.7. The van der Waals surface area contributed by atoms with Crippen LogP contribution in [-0.2, 0) is 32.6 Å². The number of nitrogens with zero attached hydrogens (tertiary/aromatic N) is 2. The molecule has 4 aromatic rings. The molecule has 0 fully saturated rings. The van der Waals surface area contributed by atoms with Crippen molar-refractivity contribution in [1.29, 1.82) is 0 Å². The quantitative estimate of drug-likeness (QED) is 0.188. The van der Waals surface area contributed by atoms with Crippen LogP contribution in [0.5, 0.6) is 0 Å². The number of nitrogens with one attached hydrogen (secondary N) is 1. The molecule has 0 aromatic heterocycles. The molecular weight excluding hydrogens is 606 g/mol. The number of amides is 2. The molecule has 0 aliphatic carbocycles. The summed E-state index contributed by atoms with van der Waals surface area (Å²) in [5.41, 5.74) is 4.63. The van der Waals surface area contributed by atoms with E-state index in [-0.39, 0.29) is 35.5 Å². The van der Waals surface area contributed by atoms with Crippen molar-refractivity contribution < 1.29 is 18.0 Å². The number of carbonyl (C=O) groups excluding carboxylic acids is 2. The van der Waals surface area contributed by atoms with Gasteiger partial charge in [-0.25, -0.2) is 8.42 Å². The Kier molecular flexibility index (Phi) is 11.1. The SMILES string of the molecule is Cc1ccc(S(=O)(=O)N(CC(=O)N(Cc2cccc(C)c2)C(Cc2ccccc2)C(=O)NC(C)C)c2ccc(C)c(Cl)c2)cc1. The van der Waals surface area contributed by atoms with Crippen molar-refractivity contribution in [3.63, 3.8) is 0 Å². The normalized spacial score (nSPS) is 12.1. The van der Waals surface area contributed by atoms with Gasteiger partial charge in [0.1, 0.15) is 12.6 Å². The van der Waals surface area contributed by atoms with Gasteiger partial charge in [0.15, 0.2) is 0 Å². The molecule has 1 atom stereocenters. The highest BCUT2D eigenvalue weighted by Crippen LogP contribution is 2.29. The zero-order valence-electron chi connectivity index (χ0n) is 26.3. The number of aryl methyl sites for hydroxylation is 3. The monoisotopic (exact) mass is 645 g/mol. The second-order valence-corrected chi connectivity index (χ2v) is 13.9. The Bertz CT molecular complexity index is 1740. The highest BCUT2D eigenvalue weighted by atomic mass is 35.5. The molecule has 0 saturated heterocycles. The number of hydrogen-bond acceptors (Lipinski definition) is 4. The fourth-order valence-electron chi connectivity index (χ4n) is 5.04. The van der Waals surface area contributed by atoms with Crippen LogP contribution in [0.4, 0.5) is 5.69 Å². The highest BCUT2D eigenvalue weighted by Gasteiger charge is 2.35. The zero-order valence-corrected chi connectivity index (χ0v) is 27.9. The highest BCUT2D eigenvalue weighted by molar-refractivity contribution is 7.92. The van der Waals surface area contributed by atoms with E-state index in [4.69, 9.17) is 11.6 Å². The van der Waals surface area contributed by atoms with Gasteiger partial charge in [0.05, 0.1) is 10.6 Å². The Morgan fingerprint density at radius 3 is 2.09 bits per heavy atom. The molecule has 0 heterocycles. The fourth-order valence-corrected chi connectivity index (χ4v) is 6.63. The van der Waals surface area contributed by atoms with Gasteiger partial charge in [-0.2, -0.15) is 0 Å². The number of halogens is 1. The summed E-state index contributed by atoms with van der Waals surface area (Å²) < 4.78 is 29.4. The molecule has 2 amide bonds. The number of carbonyl (C=O) groups is 2. The van der Waals surface area contributed by atoms with Crippen LogP contribution < -0.4 is 9.62 Å². The molecule has 0 bridgehead atoms. The van der Waals surface area contributed by atoms with Crippen LogP contribution in [-0.4, -0.2) is 43.8 Å². The molecule has 0 aliphatic heterocycles. The zero-order chi connectivity index (χ0) is 32.7. The van der Waals surface area contributed by atoms with Crippen LogP contribution in [0.15, 0.2) is 102 Å². The van der Waals surface area contributed by atoms with Gasteiger partial charge < -0.3 is 10.2 Å². The van der Waals surface area contributed by atoms with Gasteiger partial charge in [-0.3, -0.25) is 13.9 Å². The smallest absolute Gasteiger partial charge is 0.264 e. The minimum atomic E-state index is -4.21. The maximum Gasteiger partial charge on any atom is 0.264 e. The van der Waals surface area contributed by atoms with Crippen molar-refractivity contribution in [3.8, 4) is 0 Å². The van der Waals surface area contributed by atoms with E-state index in [1.54, 1.807) is 30.3 Å². The Balaban J connectivity index is 1.82. The lowest BCUT2D eigenvalue weighted by Gasteiger charge is -2.34. The number of anilines is 1. The molecule has 4 aromatic carbocycles. The van der Waals surface area contributed by atoms with E-state index >= 15 is 0 Å². The molecule has 9 heteroatoms. The summed E-state index contributed by atoms with van der Waals surface area (Å²) in [5, 5.41) is 3.35. The van der Waals surface area contributed by atoms with E-state index in [0.717, 1.165) is 32.1 Å². The van der Waals surface area contributed by atoms with Crippen molar-refractivity contribution >= 4 is 39.1 Å². The van der Waals surface area contributed by atoms with E-state index in [0.29, 0.717) is 5.02 Å². The van der Waals surface area contributed by atoms with Crippen molar-refractivity contribution in [3.05, 3.63) is 130 Å². The Hall–Kier alpha value is -4.14. The van der Waals surface area contributed by atoms with Crippen LogP contribution in [0, 0.1) is 20.8 Å². The van der Waals surface area contributed by atoms with E-state index in [9.17, 15) is 18.0 Å². The van der Waals surface area contributed by atoms with Gasteiger partial charge in [-0.15, -0.1) is 0 Å². The number of benzene rings is 4. The average Bonchev–Trinajstić information content (AvgIpc) is 2.99. The minimum Gasteiger partial charge on any atom is -0.352 e. The minimum absolute atomic E-state index is 0.0428. The molecule has 7 nitrogen and oxygen atoms in total. The van der Waals surface area contributed by atoms with Gasteiger partial charge in [-0.1, -0.05) is 95.5 Å². The first-order chi connectivity index (χ1) is 21.3. The van der Waals surface area contributed by atoms with Crippen molar-refractivity contribution in [2.24, 2.45) is 0 Å². The van der Waals surface area contributed by atoms with Gasteiger partial charge in [0.2, 0.25) is 11.8 Å². The third kappa shape index (κ3) is 8.74. The topological polar surface area (TPSA) is 86.8 Å². The number of hydrogen-bond donors (Lipinski definition) is 1. The summed E-state index contributed by atoms with van der Waals surface area (Å²) in [6.45, 7) is 8.94. The summed E-state index contributed by atoms with van der Waals surface area (Å²) in [5.74, 6) is -0.843. The van der Waals surface area contributed by atoms with Crippen molar-refractivity contribution in [2.45, 2.75) is 64.6 Å². The molecule has 45 heavy (non-hydrogen) atoms. The third-order valence-corrected chi connectivity index (χ3v) is 9.66. The summed E-state index contributed by atoms with van der Waals surface area (Å²) in [7, 11) is -4.21. The lowest BCUT2D eigenvalue weighted by Crippen LogP contribution is -2.54. The summed E-state index contributed by atoms with van der Waals surface area (Å²) >= 11 is 6.46. The fraction of sp³-hybridized carbons (Fsp3) is 0.278. The predicted octanol–water partition coefficient (Wildman–Crippen LogP) is 6.63. The molecule has 0 aliphatic rings. The molecular formula is C36H40ClN3O4S. The molecule has 0 saturated carbocycles. The predicted molar refractivity (Wildman–Crippen MR) is 181 cm³/mol. The number of rotatable bonds is 12. The molecule has 236 valence electrons. The second-order valence-electron chi connectivity index (χ2n) is 11.6. The lowest BCUT2D eigenvalue weighted by atomic mass is 10.0. The maximum absolute atomic E-state index is 14.5. The van der Waals surface area contributed by atoms with Gasteiger partial charge >= 0.3 is 0 Å². The summed E-state index contributed by atoms with van der Waals surface area (Å²) in [4.78, 5) is 29.9. The Labute approximate surface area is 271 Å². The summed E-state index contributed by atoms with van der Waals surface area (Å²) in [6.07, 6.45) is 0.248. The van der Waals surface area contributed by atoms with Crippen LogP contribution >= 0.6 is 11.6 Å². The first kappa shape index (κ1) is 33.7. The summed E-state index contributed by atoms with van der Waals surface area (Å²) in [6, 6.07) is 27.5. The van der Waals surface area contributed by atoms with Gasteiger partial charge in [-0.05, 0) is 75.6 Å². The number of sulfonamides is 1. The van der Waals surface area contributed by atoms with Gasteiger partial charge in [0, 0.05) is 24.0 Å². The molecule has 0 radical (unpaired) electrons. The standard InChI is InChI=1S/C36H40ClN3O4S/c1-25(2)38-36(42)34(21-29-11-7-6-8-12-29)39(23-30-13-9-10-27(4)20-30)35(41)24-40(31-17-16-28(5)33(37)22-31)45(43,44)32-18-14-26(3)15-19-32/h6-20,22,25,34H,21,23-24H2,1-5H3,(H,38,42). The van der Waals surface area contributed by atoms with E-state index in [1.165, 1.54) is 17.0 Å². The van der Waals surface area contributed by atoms with Crippen molar-refractivity contribution in [1.82, 2.24) is 10.2 Å². The van der Waals surface area contributed by atoms with E-state index in [2.05, 4.69) is 5.32 Å². The molecule has 1 N–H and O–H groups in total. The average molecular weight is 646 g/mol. The molecule has 1 unspecified atom stereocenters. The first-order valence-electron chi connectivity index (χ1n) is 14.9. The van der Waals surface area contributed by atoms with Crippen molar-refractivity contribution in [2.75, 3.05) is 10.8 Å². The Morgan fingerprint density at radius 2 is 1.47 bits per heavy atom. The Morgan fingerprint density at radius 1 is 0.800 bits per heavy atom. The largest absolute Gasteiger partial charge is 0.352 e. The van der Waals surface area contributed by atoms with Crippen LogP contribution in [0.1, 0.15) is 41.7 Å². The second kappa shape index (κ2) is 14.8. The maximum atomic E-state index is 14.5. The van der Waals surface area contributed by atoms with Crippen LogP contribution in [0.2, 0.25) is 5.02 Å². The molecule has 0 spiro atoms. The van der Waals surface area contributed by atoms with E-state index < -0.39 is 28.5 Å².